The third-order valence-electron chi connectivity index (χ3n) is 5.18. The third-order valence-corrected chi connectivity index (χ3v) is 5.49. The fraction of sp³-hybridized carbons (Fsp3) is 0.435. The van der Waals surface area contributed by atoms with E-state index in [2.05, 4.69) is 10.3 Å². The maximum absolute atomic E-state index is 13.0. The van der Waals surface area contributed by atoms with Crippen LogP contribution in [-0.4, -0.2) is 40.4 Å². The van der Waals surface area contributed by atoms with E-state index in [0.29, 0.717) is 36.6 Å². The lowest BCUT2D eigenvalue weighted by molar-refractivity contribution is -0.137. The summed E-state index contributed by atoms with van der Waals surface area (Å²) < 4.78 is 44.2. The molecule has 2 N–H and O–H groups in total. The zero-order valence-electron chi connectivity index (χ0n) is 18.8. The molecule has 1 saturated heterocycles. The number of carbonyl (C=O) groups is 1. The fourth-order valence-electron chi connectivity index (χ4n) is 3.45. The van der Waals surface area contributed by atoms with E-state index in [-0.39, 0.29) is 16.6 Å². The molecule has 0 atom stereocenters. The number of halogens is 4. The molecule has 1 aliphatic heterocycles. The van der Waals surface area contributed by atoms with Crippen molar-refractivity contribution in [1.29, 1.82) is 5.41 Å². The van der Waals surface area contributed by atoms with Crippen molar-refractivity contribution in [3.8, 4) is 0 Å². The number of rotatable bonds is 5. The Hall–Kier alpha value is -2.81. The molecular formula is C23H26ClF3N4O2. The third kappa shape index (κ3) is 5.76. The Morgan fingerprint density at radius 1 is 1.27 bits per heavy atom. The summed E-state index contributed by atoms with van der Waals surface area (Å²) in [4.78, 5) is 18.1. The number of alkyl halides is 3. The lowest BCUT2D eigenvalue weighted by atomic mass is 9.87. The summed E-state index contributed by atoms with van der Waals surface area (Å²) in [6, 6.07) is 4.83. The summed E-state index contributed by atoms with van der Waals surface area (Å²) in [5, 5.41) is 11.7. The maximum atomic E-state index is 13.0. The van der Waals surface area contributed by atoms with Crippen molar-refractivity contribution in [2.24, 2.45) is 5.92 Å². The van der Waals surface area contributed by atoms with E-state index >= 15 is 0 Å². The van der Waals surface area contributed by atoms with Crippen LogP contribution in [0.15, 0.2) is 30.5 Å². The van der Waals surface area contributed by atoms with Gasteiger partial charge in [-0.2, -0.15) is 13.2 Å². The van der Waals surface area contributed by atoms with Crippen LogP contribution in [0.5, 0.6) is 0 Å². The predicted octanol–water partition coefficient (Wildman–Crippen LogP) is 6.29. The van der Waals surface area contributed by atoms with Crippen LogP contribution in [0.2, 0.25) is 5.02 Å². The van der Waals surface area contributed by atoms with Gasteiger partial charge in [-0.25, -0.2) is 9.78 Å². The topological polar surface area (TPSA) is 78.3 Å². The molecule has 33 heavy (non-hydrogen) atoms. The van der Waals surface area contributed by atoms with Crippen LogP contribution >= 0.6 is 11.6 Å². The highest BCUT2D eigenvalue weighted by atomic mass is 35.5. The molecule has 0 saturated carbocycles. The predicted molar refractivity (Wildman–Crippen MR) is 121 cm³/mol. The number of anilines is 2. The average Bonchev–Trinajstić information content (AvgIpc) is 2.65. The van der Waals surface area contributed by atoms with Gasteiger partial charge in [-0.1, -0.05) is 18.5 Å². The Bertz CT molecular complexity index is 1060. The number of pyridine rings is 1. The number of hydrogen-bond donors (Lipinski definition) is 2. The van der Waals surface area contributed by atoms with E-state index in [9.17, 15) is 18.0 Å². The van der Waals surface area contributed by atoms with E-state index in [0.717, 1.165) is 17.7 Å². The molecule has 1 aromatic carbocycles. The fourth-order valence-corrected chi connectivity index (χ4v) is 3.68. The first-order chi connectivity index (χ1) is 15.3. The number of aryl methyl sites for hydroxylation is 1. The largest absolute Gasteiger partial charge is 0.444 e. The van der Waals surface area contributed by atoms with Crippen LogP contribution in [0.25, 0.3) is 0 Å². The van der Waals surface area contributed by atoms with E-state index in [1.165, 1.54) is 11.0 Å². The summed E-state index contributed by atoms with van der Waals surface area (Å²) in [6.07, 6.45) is -2.73. The Labute approximate surface area is 195 Å². The number of aromatic nitrogens is 1. The molecule has 1 fully saturated rings. The van der Waals surface area contributed by atoms with Gasteiger partial charge in [-0.3, -0.25) is 0 Å². The Kier molecular flexibility index (Phi) is 6.93. The lowest BCUT2D eigenvalue weighted by Crippen LogP contribution is -2.54. The van der Waals surface area contributed by atoms with Crippen LogP contribution in [0, 0.1) is 11.3 Å². The highest BCUT2D eigenvalue weighted by molar-refractivity contribution is 6.33. The molecule has 178 valence electrons. The monoisotopic (exact) mass is 482 g/mol. The van der Waals surface area contributed by atoms with Crippen molar-refractivity contribution in [2.75, 3.05) is 18.4 Å². The Morgan fingerprint density at radius 2 is 1.94 bits per heavy atom. The first-order valence-electron chi connectivity index (χ1n) is 10.5. The van der Waals surface area contributed by atoms with E-state index < -0.39 is 23.4 Å². The van der Waals surface area contributed by atoms with E-state index in [4.69, 9.17) is 21.7 Å². The molecule has 0 spiro atoms. The number of likely N-dealkylation sites (tertiary alicyclic amines) is 1. The van der Waals surface area contributed by atoms with Gasteiger partial charge in [0.25, 0.3) is 0 Å². The van der Waals surface area contributed by atoms with Crippen molar-refractivity contribution in [3.63, 3.8) is 0 Å². The van der Waals surface area contributed by atoms with Gasteiger partial charge in [0.05, 0.1) is 16.3 Å². The minimum absolute atomic E-state index is 0.106. The van der Waals surface area contributed by atoms with Crippen molar-refractivity contribution >= 4 is 34.9 Å². The van der Waals surface area contributed by atoms with E-state index in [1.807, 2.05) is 6.92 Å². The zero-order chi connectivity index (χ0) is 24.6. The van der Waals surface area contributed by atoms with Crippen molar-refractivity contribution < 1.29 is 22.7 Å². The lowest BCUT2D eigenvalue weighted by Gasteiger charge is -2.40. The highest BCUT2D eigenvalue weighted by Gasteiger charge is 2.38. The second-order valence-corrected chi connectivity index (χ2v) is 9.27. The van der Waals surface area contributed by atoms with Gasteiger partial charge in [-0.15, -0.1) is 0 Å². The summed E-state index contributed by atoms with van der Waals surface area (Å²) in [5.74, 6) is 0.118. The molecular weight excluding hydrogens is 457 g/mol. The molecule has 1 amide bonds. The Balaban J connectivity index is 1.82. The molecule has 1 aliphatic rings. The number of nitrogens with zero attached hydrogens (tertiary/aromatic N) is 2. The standard InChI is InChI=1S/C23H26ClF3N4O2/c1-5-13-8-9-29-20(30-17-7-6-15(10-16(17)24)23(25,26)27)18(13)19(28)14-11-31(12-14)21(32)33-22(2,3)4/h6-10,14,28H,5,11-12H2,1-4H3,(H,29,30). The van der Waals surface area contributed by atoms with Gasteiger partial charge in [0.15, 0.2) is 0 Å². The first kappa shape index (κ1) is 24.8. The highest BCUT2D eigenvalue weighted by Crippen LogP contribution is 2.36. The summed E-state index contributed by atoms with van der Waals surface area (Å²) >= 11 is 6.10. The van der Waals surface area contributed by atoms with Gasteiger partial charge in [0, 0.05) is 36.5 Å². The zero-order valence-corrected chi connectivity index (χ0v) is 19.6. The second-order valence-electron chi connectivity index (χ2n) is 8.86. The quantitative estimate of drug-likeness (QED) is 0.490. The molecule has 1 aromatic heterocycles. The van der Waals surface area contributed by atoms with Gasteiger partial charge < -0.3 is 20.4 Å². The number of nitrogens with one attached hydrogen (secondary N) is 2. The van der Waals surface area contributed by atoms with Crippen LogP contribution in [-0.2, 0) is 17.3 Å². The molecule has 2 heterocycles. The van der Waals surface area contributed by atoms with Gasteiger partial charge in [-0.05, 0) is 57.0 Å². The van der Waals surface area contributed by atoms with Crippen molar-refractivity contribution in [2.45, 2.75) is 45.9 Å². The van der Waals surface area contributed by atoms with E-state index in [1.54, 1.807) is 33.0 Å². The Morgan fingerprint density at radius 3 is 2.48 bits per heavy atom. The van der Waals surface area contributed by atoms with Crippen LogP contribution in [0.4, 0.5) is 29.5 Å². The van der Waals surface area contributed by atoms with Crippen molar-refractivity contribution in [1.82, 2.24) is 9.88 Å². The van der Waals surface area contributed by atoms with Gasteiger partial charge in [0.1, 0.15) is 11.4 Å². The smallest absolute Gasteiger partial charge is 0.416 e. The number of ether oxygens (including phenoxy) is 1. The van der Waals surface area contributed by atoms with Crippen LogP contribution in [0.1, 0.15) is 44.4 Å². The van der Waals surface area contributed by atoms with Crippen molar-refractivity contribution in [3.05, 3.63) is 52.2 Å². The second kappa shape index (κ2) is 9.21. The molecule has 2 aromatic rings. The molecule has 6 nitrogen and oxygen atoms in total. The average molecular weight is 483 g/mol. The molecule has 0 aliphatic carbocycles. The van der Waals surface area contributed by atoms with Gasteiger partial charge >= 0.3 is 12.3 Å². The minimum atomic E-state index is -4.50. The molecule has 0 bridgehead atoms. The maximum Gasteiger partial charge on any atom is 0.416 e. The molecule has 0 radical (unpaired) electrons. The number of carbonyl (C=O) groups excluding carboxylic acids is 1. The SMILES string of the molecule is CCc1ccnc(Nc2ccc(C(F)(F)F)cc2Cl)c1C(=N)C1CN(C(=O)OC(C)(C)C)C1. The summed E-state index contributed by atoms with van der Waals surface area (Å²) in [6.45, 7) is 7.99. The number of benzene rings is 1. The molecule has 3 rings (SSSR count). The summed E-state index contributed by atoms with van der Waals surface area (Å²) in [5.41, 5.74) is 0.514. The number of amides is 1. The molecule has 10 heteroatoms. The summed E-state index contributed by atoms with van der Waals surface area (Å²) in [7, 11) is 0. The van der Waals surface area contributed by atoms with Gasteiger partial charge in [0.2, 0.25) is 0 Å². The molecule has 0 unspecified atom stereocenters. The van der Waals surface area contributed by atoms with Crippen LogP contribution < -0.4 is 5.32 Å². The normalized spacial score (nSPS) is 14.6. The minimum Gasteiger partial charge on any atom is -0.444 e. The number of hydrogen-bond acceptors (Lipinski definition) is 5. The first-order valence-corrected chi connectivity index (χ1v) is 10.9. The van der Waals surface area contributed by atoms with Crippen LogP contribution in [0.3, 0.4) is 0 Å².